The third-order valence-electron chi connectivity index (χ3n) is 4.71. The van der Waals surface area contributed by atoms with Crippen LogP contribution in [0, 0.1) is 0 Å². The van der Waals surface area contributed by atoms with Gasteiger partial charge in [0.2, 0.25) is 5.91 Å². The predicted octanol–water partition coefficient (Wildman–Crippen LogP) is 2.82. The maximum absolute atomic E-state index is 13.0. The minimum absolute atomic E-state index is 0.107. The average Bonchev–Trinajstić information content (AvgIpc) is 3.09. The molecule has 0 aliphatic carbocycles. The number of amides is 2. The Morgan fingerprint density at radius 1 is 1.07 bits per heavy atom. The van der Waals surface area contributed by atoms with Crippen LogP contribution in [0.4, 0.5) is 10.5 Å². The Balaban J connectivity index is 1.83. The first kappa shape index (κ1) is 20.4. The summed E-state index contributed by atoms with van der Waals surface area (Å²) in [6.45, 7) is 2.94. The van der Waals surface area contributed by atoms with E-state index in [4.69, 9.17) is 9.47 Å². The molecule has 0 saturated heterocycles. The lowest BCUT2D eigenvalue weighted by molar-refractivity contribution is -0.147. The molecular weight excluding hydrogens is 372 g/mol. The molecule has 7 heteroatoms. The molecule has 3 rings (SSSR count). The predicted molar refractivity (Wildman–Crippen MR) is 107 cm³/mol. The molecule has 1 heterocycles. The fraction of sp³-hybridized carbons (Fsp3) is 0.318. The van der Waals surface area contributed by atoms with Gasteiger partial charge in [0.25, 0.3) is 0 Å². The second-order valence-electron chi connectivity index (χ2n) is 6.90. The van der Waals surface area contributed by atoms with Gasteiger partial charge in [0, 0.05) is 13.8 Å². The van der Waals surface area contributed by atoms with E-state index in [2.05, 4.69) is 5.32 Å². The smallest absolute Gasteiger partial charge is 0.415 e. The number of fused-ring (bicyclic) bond motifs is 1. The molecule has 2 amide bonds. The molecule has 1 aliphatic heterocycles. The SMILES string of the molecule is CC(=O)NCC(OC(C)=O)C1Cc2ccccc2N1C(=O)OCc1ccccc1. The van der Waals surface area contributed by atoms with Gasteiger partial charge >= 0.3 is 12.1 Å². The highest BCUT2D eigenvalue weighted by Gasteiger charge is 2.41. The van der Waals surface area contributed by atoms with Crippen LogP contribution in [0.15, 0.2) is 54.6 Å². The third kappa shape index (κ3) is 5.13. The first-order chi connectivity index (χ1) is 14.0. The van der Waals surface area contributed by atoms with Gasteiger partial charge in [0.15, 0.2) is 0 Å². The standard InChI is InChI=1S/C22H24N2O5/c1-15(25)23-13-21(29-16(2)26)20-12-18-10-6-7-11-19(18)24(20)22(27)28-14-17-8-4-3-5-9-17/h3-11,20-21H,12-14H2,1-2H3,(H,23,25). The van der Waals surface area contributed by atoms with Gasteiger partial charge in [-0.2, -0.15) is 0 Å². The van der Waals surface area contributed by atoms with Crippen molar-refractivity contribution >= 4 is 23.7 Å². The van der Waals surface area contributed by atoms with Crippen molar-refractivity contribution in [2.45, 2.75) is 39.0 Å². The highest BCUT2D eigenvalue weighted by Crippen LogP contribution is 2.35. The number of nitrogens with zero attached hydrogens (tertiary/aromatic N) is 1. The van der Waals surface area contributed by atoms with E-state index in [-0.39, 0.29) is 19.1 Å². The fourth-order valence-electron chi connectivity index (χ4n) is 3.45. The molecule has 0 fully saturated rings. The van der Waals surface area contributed by atoms with E-state index < -0.39 is 24.2 Å². The Morgan fingerprint density at radius 3 is 2.45 bits per heavy atom. The minimum atomic E-state index is -0.701. The molecule has 2 aromatic rings. The Hall–Kier alpha value is -3.35. The number of carbonyl (C=O) groups excluding carboxylic acids is 3. The molecule has 0 radical (unpaired) electrons. The summed E-state index contributed by atoms with van der Waals surface area (Å²) in [5, 5.41) is 2.68. The van der Waals surface area contributed by atoms with Crippen molar-refractivity contribution in [2.75, 3.05) is 11.4 Å². The van der Waals surface area contributed by atoms with E-state index in [1.54, 1.807) is 0 Å². The summed E-state index contributed by atoms with van der Waals surface area (Å²) < 4.78 is 11.0. The summed E-state index contributed by atoms with van der Waals surface area (Å²) in [6, 6.07) is 16.4. The zero-order valence-electron chi connectivity index (χ0n) is 16.5. The van der Waals surface area contributed by atoms with E-state index in [9.17, 15) is 14.4 Å². The van der Waals surface area contributed by atoms with Crippen LogP contribution in [0.1, 0.15) is 25.0 Å². The average molecular weight is 396 g/mol. The van der Waals surface area contributed by atoms with Crippen LogP contribution in [0.5, 0.6) is 0 Å². The molecule has 29 heavy (non-hydrogen) atoms. The third-order valence-corrected chi connectivity index (χ3v) is 4.71. The van der Waals surface area contributed by atoms with Gasteiger partial charge in [-0.25, -0.2) is 4.79 Å². The number of anilines is 1. The van der Waals surface area contributed by atoms with Crippen molar-refractivity contribution in [1.82, 2.24) is 5.32 Å². The van der Waals surface area contributed by atoms with Gasteiger partial charge < -0.3 is 14.8 Å². The van der Waals surface area contributed by atoms with Crippen LogP contribution < -0.4 is 10.2 Å². The van der Waals surface area contributed by atoms with Crippen molar-refractivity contribution in [3.05, 3.63) is 65.7 Å². The summed E-state index contributed by atoms with van der Waals surface area (Å²) in [7, 11) is 0. The summed E-state index contributed by atoms with van der Waals surface area (Å²) in [6.07, 6.45) is -0.731. The molecule has 2 aromatic carbocycles. The molecule has 1 aliphatic rings. The van der Waals surface area contributed by atoms with Crippen molar-refractivity contribution < 1.29 is 23.9 Å². The molecule has 2 unspecified atom stereocenters. The van der Waals surface area contributed by atoms with Crippen LogP contribution in [-0.4, -0.2) is 36.7 Å². The van der Waals surface area contributed by atoms with Crippen LogP contribution in [0.3, 0.4) is 0 Å². The Labute approximate surface area is 169 Å². The van der Waals surface area contributed by atoms with Crippen molar-refractivity contribution in [1.29, 1.82) is 0 Å². The molecule has 0 spiro atoms. The van der Waals surface area contributed by atoms with E-state index in [0.717, 1.165) is 16.8 Å². The Kier molecular flexibility index (Phi) is 6.49. The monoisotopic (exact) mass is 396 g/mol. The van der Waals surface area contributed by atoms with Crippen molar-refractivity contribution in [3.8, 4) is 0 Å². The number of benzene rings is 2. The molecule has 152 valence electrons. The van der Waals surface area contributed by atoms with Crippen LogP contribution in [-0.2, 0) is 32.1 Å². The largest absolute Gasteiger partial charge is 0.458 e. The van der Waals surface area contributed by atoms with Crippen LogP contribution in [0.2, 0.25) is 0 Å². The lowest BCUT2D eigenvalue weighted by atomic mass is 10.1. The lowest BCUT2D eigenvalue weighted by Gasteiger charge is -2.31. The number of hydrogen-bond acceptors (Lipinski definition) is 5. The second kappa shape index (κ2) is 9.23. The molecule has 7 nitrogen and oxygen atoms in total. The zero-order chi connectivity index (χ0) is 20.8. The number of carbonyl (C=O) groups is 3. The van der Waals surface area contributed by atoms with Gasteiger partial charge in [0.1, 0.15) is 12.7 Å². The van der Waals surface area contributed by atoms with Gasteiger partial charge in [-0.15, -0.1) is 0 Å². The second-order valence-corrected chi connectivity index (χ2v) is 6.90. The summed E-state index contributed by atoms with van der Waals surface area (Å²) in [5.74, 6) is -0.718. The van der Waals surface area contributed by atoms with Gasteiger partial charge in [0.05, 0.1) is 18.3 Å². The molecule has 2 atom stereocenters. The molecule has 0 aromatic heterocycles. The number of para-hydroxylation sites is 1. The van der Waals surface area contributed by atoms with Gasteiger partial charge in [-0.1, -0.05) is 48.5 Å². The molecule has 0 bridgehead atoms. The fourth-order valence-corrected chi connectivity index (χ4v) is 3.45. The van der Waals surface area contributed by atoms with Gasteiger partial charge in [-0.3, -0.25) is 14.5 Å². The molecule has 1 N–H and O–H groups in total. The highest BCUT2D eigenvalue weighted by atomic mass is 16.6. The Bertz CT molecular complexity index is 884. The molecule has 0 saturated carbocycles. The highest BCUT2D eigenvalue weighted by molar-refractivity contribution is 5.91. The molecular formula is C22H24N2O5. The van der Waals surface area contributed by atoms with E-state index in [0.29, 0.717) is 6.42 Å². The lowest BCUT2D eigenvalue weighted by Crippen LogP contribution is -2.51. The van der Waals surface area contributed by atoms with E-state index in [1.165, 1.54) is 18.7 Å². The first-order valence-corrected chi connectivity index (χ1v) is 9.45. The topological polar surface area (TPSA) is 84.9 Å². The number of ether oxygens (including phenoxy) is 2. The van der Waals surface area contributed by atoms with E-state index >= 15 is 0 Å². The van der Waals surface area contributed by atoms with Crippen LogP contribution >= 0.6 is 0 Å². The first-order valence-electron chi connectivity index (χ1n) is 9.45. The number of nitrogens with one attached hydrogen (secondary N) is 1. The van der Waals surface area contributed by atoms with Gasteiger partial charge in [-0.05, 0) is 23.6 Å². The zero-order valence-corrected chi connectivity index (χ0v) is 16.5. The normalized spacial score (nSPS) is 15.9. The quantitative estimate of drug-likeness (QED) is 0.759. The van der Waals surface area contributed by atoms with E-state index in [1.807, 2.05) is 54.6 Å². The van der Waals surface area contributed by atoms with Crippen molar-refractivity contribution in [2.24, 2.45) is 0 Å². The minimum Gasteiger partial charge on any atom is -0.458 e. The number of hydrogen-bond donors (Lipinski definition) is 1. The summed E-state index contributed by atoms with van der Waals surface area (Å²) in [5.41, 5.74) is 2.55. The maximum Gasteiger partial charge on any atom is 0.415 e. The number of esters is 1. The summed E-state index contributed by atoms with van der Waals surface area (Å²) in [4.78, 5) is 37.5. The summed E-state index contributed by atoms with van der Waals surface area (Å²) >= 11 is 0. The number of rotatable bonds is 6. The van der Waals surface area contributed by atoms with Crippen LogP contribution in [0.25, 0.3) is 0 Å². The Morgan fingerprint density at radius 2 is 1.76 bits per heavy atom. The van der Waals surface area contributed by atoms with Crippen molar-refractivity contribution in [3.63, 3.8) is 0 Å². The maximum atomic E-state index is 13.0.